The molecule has 0 fully saturated rings. The molecule has 24 heavy (non-hydrogen) atoms. The Morgan fingerprint density at radius 1 is 0.917 bits per heavy atom. The lowest BCUT2D eigenvalue weighted by Gasteiger charge is -2.01. The molecule has 0 saturated heterocycles. The SMILES string of the molecule is O=C(CCCCCCc1ccccc1)c1nnc(-c2cccs2)s1. The van der Waals surface area contributed by atoms with E-state index in [0.29, 0.717) is 11.4 Å². The van der Waals surface area contributed by atoms with Crippen molar-refractivity contribution in [3.8, 4) is 9.88 Å². The van der Waals surface area contributed by atoms with Crippen LogP contribution in [-0.4, -0.2) is 16.0 Å². The van der Waals surface area contributed by atoms with E-state index in [4.69, 9.17) is 0 Å². The van der Waals surface area contributed by atoms with Crippen LogP contribution in [0.3, 0.4) is 0 Å². The Kier molecular flexibility index (Phi) is 6.26. The highest BCUT2D eigenvalue weighted by molar-refractivity contribution is 7.21. The highest BCUT2D eigenvalue weighted by Crippen LogP contribution is 2.28. The van der Waals surface area contributed by atoms with Gasteiger partial charge in [0.05, 0.1) is 4.88 Å². The van der Waals surface area contributed by atoms with Crippen molar-refractivity contribution in [1.29, 1.82) is 0 Å². The Hall–Kier alpha value is -1.85. The van der Waals surface area contributed by atoms with Crippen LogP contribution in [-0.2, 0) is 6.42 Å². The van der Waals surface area contributed by atoms with Gasteiger partial charge in [-0.3, -0.25) is 4.79 Å². The van der Waals surface area contributed by atoms with Gasteiger partial charge >= 0.3 is 0 Å². The number of hydrogen-bond donors (Lipinski definition) is 0. The zero-order chi connectivity index (χ0) is 16.6. The van der Waals surface area contributed by atoms with Crippen molar-refractivity contribution in [2.24, 2.45) is 0 Å². The summed E-state index contributed by atoms with van der Waals surface area (Å²) in [6.45, 7) is 0. The van der Waals surface area contributed by atoms with Gasteiger partial charge in [-0.1, -0.05) is 60.6 Å². The maximum Gasteiger partial charge on any atom is 0.193 e. The second-order valence-electron chi connectivity index (χ2n) is 5.71. The van der Waals surface area contributed by atoms with Crippen LogP contribution in [0.1, 0.15) is 47.5 Å². The summed E-state index contributed by atoms with van der Waals surface area (Å²) < 4.78 is 0. The molecule has 0 aliphatic rings. The molecule has 3 rings (SSSR count). The zero-order valence-corrected chi connectivity index (χ0v) is 15.1. The molecule has 0 aliphatic carbocycles. The number of nitrogens with zero attached hydrogens (tertiary/aromatic N) is 2. The van der Waals surface area contributed by atoms with Gasteiger partial charge in [-0.05, 0) is 36.3 Å². The number of thiophene rings is 1. The Morgan fingerprint density at radius 3 is 2.54 bits per heavy atom. The van der Waals surface area contributed by atoms with Crippen LogP contribution in [0.15, 0.2) is 47.8 Å². The number of carbonyl (C=O) groups excluding carboxylic acids is 1. The fourth-order valence-electron chi connectivity index (χ4n) is 2.56. The summed E-state index contributed by atoms with van der Waals surface area (Å²) in [7, 11) is 0. The topological polar surface area (TPSA) is 42.9 Å². The molecule has 0 aliphatic heterocycles. The summed E-state index contributed by atoms with van der Waals surface area (Å²) in [5, 5.41) is 11.6. The number of carbonyl (C=O) groups is 1. The molecule has 124 valence electrons. The van der Waals surface area contributed by atoms with Gasteiger partial charge in [0.25, 0.3) is 0 Å². The highest BCUT2D eigenvalue weighted by atomic mass is 32.1. The van der Waals surface area contributed by atoms with Crippen molar-refractivity contribution >= 4 is 28.5 Å². The number of rotatable bonds is 9. The molecular weight excluding hydrogens is 336 g/mol. The molecule has 0 atom stereocenters. The lowest BCUT2D eigenvalue weighted by molar-refractivity contribution is 0.0978. The average molecular weight is 357 g/mol. The van der Waals surface area contributed by atoms with Crippen LogP contribution < -0.4 is 0 Å². The smallest absolute Gasteiger partial charge is 0.193 e. The van der Waals surface area contributed by atoms with E-state index in [-0.39, 0.29) is 5.78 Å². The van der Waals surface area contributed by atoms with Crippen molar-refractivity contribution < 1.29 is 4.79 Å². The lowest BCUT2D eigenvalue weighted by Crippen LogP contribution is -1.98. The average Bonchev–Trinajstić information content (AvgIpc) is 3.29. The number of unbranched alkanes of at least 4 members (excludes halogenated alkanes) is 3. The van der Waals surface area contributed by atoms with Crippen molar-refractivity contribution in [1.82, 2.24) is 10.2 Å². The van der Waals surface area contributed by atoms with E-state index < -0.39 is 0 Å². The number of hydrogen-bond acceptors (Lipinski definition) is 5. The number of aryl methyl sites for hydroxylation is 1. The van der Waals surface area contributed by atoms with Gasteiger partial charge in [-0.25, -0.2) is 0 Å². The van der Waals surface area contributed by atoms with Gasteiger partial charge < -0.3 is 0 Å². The normalized spacial score (nSPS) is 10.8. The van der Waals surface area contributed by atoms with E-state index in [9.17, 15) is 4.79 Å². The Morgan fingerprint density at radius 2 is 1.75 bits per heavy atom. The van der Waals surface area contributed by atoms with E-state index >= 15 is 0 Å². The minimum absolute atomic E-state index is 0.123. The number of aromatic nitrogens is 2. The maximum absolute atomic E-state index is 12.2. The standard InChI is InChI=1S/C19H20N2OS2/c22-16(18-20-21-19(24-18)17-13-8-14-23-17)12-7-2-1-4-9-15-10-5-3-6-11-15/h3,5-6,8,10-11,13-14H,1-2,4,7,9,12H2. The fraction of sp³-hybridized carbons (Fsp3) is 0.316. The first-order valence-corrected chi connectivity index (χ1v) is 9.97. The molecule has 3 nitrogen and oxygen atoms in total. The predicted molar refractivity (Wildman–Crippen MR) is 101 cm³/mol. The maximum atomic E-state index is 12.2. The van der Waals surface area contributed by atoms with E-state index in [0.717, 1.165) is 29.1 Å². The Balaban J connectivity index is 1.35. The fourth-order valence-corrected chi connectivity index (χ4v) is 4.16. The quantitative estimate of drug-likeness (QED) is 0.368. The van der Waals surface area contributed by atoms with Gasteiger partial charge in [-0.15, -0.1) is 21.5 Å². The van der Waals surface area contributed by atoms with Crippen LogP contribution in [0, 0.1) is 0 Å². The molecule has 2 heterocycles. The molecule has 0 amide bonds. The molecule has 0 N–H and O–H groups in total. The molecule has 0 bridgehead atoms. The van der Waals surface area contributed by atoms with Crippen molar-refractivity contribution in [3.05, 3.63) is 58.4 Å². The van der Waals surface area contributed by atoms with Crippen molar-refractivity contribution in [2.75, 3.05) is 0 Å². The lowest BCUT2D eigenvalue weighted by atomic mass is 10.0. The Labute approximate surface area is 150 Å². The highest BCUT2D eigenvalue weighted by Gasteiger charge is 2.13. The zero-order valence-electron chi connectivity index (χ0n) is 13.5. The van der Waals surface area contributed by atoms with E-state index in [1.807, 2.05) is 23.6 Å². The van der Waals surface area contributed by atoms with E-state index in [1.54, 1.807) is 11.3 Å². The van der Waals surface area contributed by atoms with Crippen LogP contribution in [0.5, 0.6) is 0 Å². The van der Waals surface area contributed by atoms with Gasteiger partial charge in [0.15, 0.2) is 15.8 Å². The summed E-state index contributed by atoms with van der Waals surface area (Å²) in [4.78, 5) is 13.3. The second-order valence-corrected chi connectivity index (χ2v) is 7.64. The largest absolute Gasteiger partial charge is 0.291 e. The first-order valence-electron chi connectivity index (χ1n) is 8.27. The Bertz CT molecular complexity index is 751. The third kappa shape index (κ3) is 4.82. The van der Waals surface area contributed by atoms with Gasteiger partial charge in [-0.2, -0.15) is 0 Å². The first kappa shape index (κ1) is 17.0. The summed E-state index contributed by atoms with van der Waals surface area (Å²) in [6.07, 6.45) is 6.06. The molecule has 2 aromatic heterocycles. The van der Waals surface area contributed by atoms with Gasteiger partial charge in [0, 0.05) is 6.42 Å². The number of benzene rings is 1. The minimum Gasteiger partial charge on any atom is -0.291 e. The summed E-state index contributed by atoms with van der Waals surface area (Å²) in [5.74, 6) is 0.123. The van der Waals surface area contributed by atoms with E-state index in [1.165, 1.54) is 29.7 Å². The third-order valence-corrected chi connectivity index (χ3v) is 5.86. The van der Waals surface area contributed by atoms with Crippen molar-refractivity contribution in [3.63, 3.8) is 0 Å². The minimum atomic E-state index is 0.123. The molecule has 0 radical (unpaired) electrons. The summed E-state index contributed by atoms with van der Waals surface area (Å²) in [6, 6.07) is 14.5. The van der Waals surface area contributed by atoms with Crippen LogP contribution in [0.2, 0.25) is 0 Å². The van der Waals surface area contributed by atoms with Crippen LogP contribution >= 0.6 is 22.7 Å². The summed E-state index contributed by atoms with van der Waals surface area (Å²) >= 11 is 3.03. The monoisotopic (exact) mass is 356 g/mol. The van der Waals surface area contributed by atoms with E-state index in [2.05, 4.69) is 34.5 Å². The molecule has 0 spiro atoms. The van der Waals surface area contributed by atoms with Crippen molar-refractivity contribution in [2.45, 2.75) is 38.5 Å². The molecule has 3 aromatic rings. The predicted octanol–water partition coefficient (Wildman–Crippen LogP) is 5.64. The molecule has 0 unspecified atom stereocenters. The molecular formula is C19H20N2OS2. The molecule has 5 heteroatoms. The van der Waals surface area contributed by atoms with Crippen LogP contribution in [0.25, 0.3) is 9.88 Å². The molecule has 0 saturated carbocycles. The first-order chi connectivity index (χ1) is 11.8. The summed E-state index contributed by atoms with van der Waals surface area (Å²) in [5.41, 5.74) is 1.39. The third-order valence-electron chi connectivity index (χ3n) is 3.86. The van der Waals surface area contributed by atoms with Gasteiger partial charge in [0.1, 0.15) is 0 Å². The van der Waals surface area contributed by atoms with Gasteiger partial charge in [0.2, 0.25) is 0 Å². The van der Waals surface area contributed by atoms with Crippen LogP contribution in [0.4, 0.5) is 0 Å². The number of ketones is 1. The second kappa shape index (κ2) is 8.85. The number of Topliss-reactive ketones (excluding diaryl/α,β-unsaturated/α-hetero) is 1. The molecule has 1 aromatic carbocycles.